The summed E-state index contributed by atoms with van der Waals surface area (Å²) in [6.07, 6.45) is 11.6. The predicted molar refractivity (Wildman–Crippen MR) is 187 cm³/mol. The first-order chi connectivity index (χ1) is 23.3. The fourth-order valence-electron chi connectivity index (χ4n) is 5.51. The number of carbonyl (C=O) groups excluding carboxylic acids is 1. The summed E-state index contributed by atoms with van der Waals surface area (Å²) >= 11 is 0. The summed E-state index contributed by atoms with van der Waals surface area (Å²) in [5.74, 6) is -0.614. The van der Waals surface area contributed by atoms with Crippen molar-refractivity contribution in [2.24, 2.45) is 0 Å². The van der Waals surface area contributed by atoms with Crippen LogP contribution in [0.2, 0.25) is 0 Å². The lowest BCUT2D eigenvalue weighted by Gasteiger charge is -2.41. The smallest absolute Gasteiger partial charge is 0.393 e. The Hall–Kier alpha value is -1.48. The highest BCUT2D eigenvalue weighted by atomic mass is 31.2. The number of carbonyl (C=O) groups is 1. The number of phosphoric acid groups is 1. The van der Waals surface area contributed by atoms with E-state index in [4.69, 9.17) is 9.05 Å². The molecule has 0 heterocycles. The number of rotatable bonds is 27. The second-order valence-corrected chi connectivity index (χ2v) is 14.3. The summed E-state index contributed by atoms with van der Waals surface area (Å²) in [6.45, 7) is 3.40. The van der Waals surface area contributed by atoms with Crippen LogP contribution in [0.1, 0.15) is 117 Å². The van der Waals surface area contributed by atoms with Gasteiger partial charge in [-0.25, -0.2) is 4.57 Å². The molecule has 286 valence electrons. The van der Waals surface area contributed by atoms with Gasteiger partial charge in [-0.05, 0) is 39.0 Å². The minimum Gasteiger partial charge on any atom is -0.393 e. The third-order valence-corrected chi connectivity index (χ3v) is 9.54. The van der Waals surface area contributed by atoms with Crippen molar-refractivity contribution >= 4 is 13.7 Å². The monoisotopic (exact) mass is 721 g/mol. The fourth-order valence-corrected chi connectivity index (χ4v) is 6.48. The van der Waals surface area contributed by atoms with E-state index in [1.807, 2.05) is 19.1 Å². The summed E-state index contributed by atoms with van der Waals surface area (Å²) in [6, 6.07) is -1.26. The largest absolute Gasteiger partial charge is 0.472 e. The van der Waals surface area contributed by atoms with E-state index in [1.54, 1.807) is 6.08 Å². The molecule has 0 bridgehead atoms. The summed E-state index contributed by atoms with van der Waals surface area (Å²) in [4.78, 5) is 23.1. The molecule has 0 aromatic heterocycles. The number of unbranched alkanes of at least 4 members (excludes halogenated alkanes) is 11. The van der Waals surface area contributed by atoms with E-state index in [-0.39, 0.29) is 6.42 Å². The molecule has 8 unspecified atom stereocenters. The van der Waals surface area contributed by atoms with Gasteiger partial charge in [0, 0.05) is 0 Å². The van der Waals surface area contributed by atoms with E-state index in [0.29, 0.717) is 19.3 Å². The quantitative estimate of drug-likeness (QED) is 0.0338. The van der Waals surface area contributed by atoms with Crippen molar-refractivity contribution in [3.63, 3.8) is 0 Å². The van der Waals surface area contributed by atoms with Gasteiger partial charge in [-0.3, -0.25) is 13.8 Å². The number of allylic oxidation sites excluding steroid dienone is 5. The molecule has 1 aliphatic carbocycles. The molecule has 8 atom stereocenters. The van der Waals surface area contributed by atoms with E-state index >= 15 is 0 Å². The molecule has 1 rings (SSSR count). The van der Waals surface area contributed by atoms with Crippen molar-refractivity contribution in [2.45, 2.75) is 171 Å². The van der Waals surface area contributed by atoms with E-state index < -0.39 is 75.2 Å². The first kappa shape index (κ1) is 45.5. The molecule has 0 radical (unpaired) electrons. The van der Waals surface area contributed by atoms with Gasteiger partial charge in [-0.1, -0.05) is 108 Å². The van der Waals surface area contributed by atoms with Crippen LogP contribution in [0.3, 0.4) is 0 Å². The topological polar surface area (TPSA) is 226 Å². The van der Waals surface area contributed by atoms with E-state index in [9.17, 15) is 50.0 Å². The highest BCUT2D eigenvalue weighted by Crippen LogP contribution is 2.47. The van der Waals surface area contributed by atoms with E-state index in [0.717, 1.165) is 38.5 Å². The Kier molecular flexibility index (Phi) is 24.5. The number of aliphatic hydroxyl groups is 7. The van der Waals surface area contributed by atoms with E-state index in [2.05, 4.69) is 24.4 Å². The SMILES string of the molecule is C/C=C/CC/C=C/CC/C=C/C(O)C(COP(=O)(O)OC1C(O)C(O)C(O)C(O)C1O)NC(=O)CC(O)CCCCCCCCCCCC. The van der Waals surface area contributed by atoms with Crippen molar-refractivity contribution < 1.29 is 59.0 Å². The molecule has 14 heteroatoms. The van der Waals surface area contributed by atoms with Crippen LogP contribution in [0.25, 0.3) is 0 Å². The summed E-state index contributed by atoms with van der Waals surface area (Å²) in [5, 5.41) is 73.7. The average molecular weight is 722 g/mol. The van der Waals surface area contributed by atoms with Gasteiger partial charge >= 0.3 is 7.82 Å². The maximum absolute atomic E-state index is 12.8. The Bertz CT molecular complexity index is 995. The Morgan fingerprint density at radius 1 is 0.755 bits per heavy atom. The van der Waals surface area contributed by atoms with Gasteiger partial charge in [0.15, 0.2) is 0 Å². The summed E-state index contributed by atoms with van der Waals surface area (Å²) in [7, 11) is -5.13. The maximum Gasteiger partial charge on any atom is 0.472 e. The molecule has 49 heavy (non-hydrogen) atoms. The minimum absolute atomic E-state index is 0.256. The van der Waals surface area contributed by atoms with Gasteiger partial charge in [-0.15, -0.1) is 0 Å². The zero-order valence-corrected chi connectivity index (χ0v) is 30.2. The van der Waals surface area contributed by atoms with Crippen LogP contribution in [-0.4, -0.2) is 108 Å². The van der Waals surface area contributed by atoms with Crippen molar-refractivity contribution in [2.75, 3.05) is 6.61 Å². The van der Waals surface area contributed by atoms with Gasteiger partial charge in [0.05, 0.1) is 31.3 Å². The van der Waals surface area contributed by atoms with Crippen LogP contribution in [0.5, 0.6) is 0 Å². The van der Waals surface area contributed by atoms with Crippen molar-refractivity contribution in [1.82, 2.24) is 5.32 Å². The Labute approximate surface area is 292 Å². The Morgan fingerprint density at radius 2 is 1.24 bits per heavy atom. The molecule has 9 N–H and O–H groups in total. The number of amides is 1. The first-order valence-corrected chi connectivity index (χ1v) is 19.5. The lowest BCUT2D eigenvalue weighted by molar-refractivity contribution is -0.220. The highest BCUT2D eigenvalue weighted by Gasteiger charge is 2.51. The molecule has 1 amide bonds. The first-order valence-electron chi connectivity index (χ1n) is 18.0. The van der Waals surface area contributed by atoms with Gasteiger partial charge in [0.25, 0.3) is 0 Å². The van der Waals surface area contributed by atoms with E-state index in [1.165, 1.54) is 44.6 Å². The number of hydrogen-bond acceptors (Lipinski definition) is 11. The summed E-state index contributed by atoms with van der Waals surface area (Å²) in [5.41, 5.74) is 0. The molecule has 1 aliphatic rings. The zero-order valence-electron chi connectivity index (χ0n) is 29.3. The number of phosphoric ester groups is 1. The second kappa shape index (κ2) is 26.3. The average Bonchev–Trinajstić information content (AvgIpc) is 3.06. The van der Waals surface area contributed by atoms with Crippen LogP contribution < -0.4 is 5.32 Å². The van der Waals surface area contributed by atoms with Crippen LogP contribution in [0.15, 0.2) is 36.5 Å². The highest BCUT2D eigenvalue weighted by molar-refractivity contribution is 7.47. The van der Waals surface area contributed by atoms with Gasteiger partial charge in [0.2, 0.25) is 5.91 Å². The number of nitrogens with one attached hydrogen (secondary N) is 1. The van der Waals surface area contributed by atoms with Crippen molar-refractivity contribution in [3.05, 3.63) is 36.5 Å². The summed E-state index contributed by atoms with van der Waals surface area (Å²) < 4.78 is 22.6. The lowest BCUT2D eigenvalue weighted by Crippen LogP contribution is -2.64. The third-order valence-electron chi connectivity index (χ3n) is 8.55. The van der Waals surface area contributed by atoms with Crippen LogP contribution in [-0.2, 0) is 18.4 Å². The zero-order chi connectivity index (χ0) is 36.7. The number of aliphatic hydroxyl groups excluding tert-OH is 7. The molecule has 0 saturated heterocycles. The van der Waals surface area contributed by atoms with Crippen LogP contribution in [0.4, 0.5) is 0 Å². The fraction of sp³-hybridized carbons (Fsp3) is 0.800. The lowest BCUT2D eigenvalue weighted by atomic mass is 9.85. The van der Waals surface area contributed by atoms with Gasteiger partial charge < -0.3 is 46.0 Å². The predicted octanol–water partition coefficient (Wildman–Crippen LogP) is 3.46. The minimum atomic E-state index is -5.13. The third kappa shape index (κ3) is 19.6. The Morgan fingerprint density at radius 3 is 1.80 bits per heavy atom. The molecule has 1 fully saturated rings. The van der Waals surface area contributed by atoms with Crippen LogP contribution >= 0.6 is 7.82 Å². The normalized spacial score (nSPS) is 26.3. The Balaban J connectivity index is 2.72. The van der Waals surface area contributed by atoms with Gasteiger partial charge in [-0.2, -0.15) is 0 Å². The molecule has 13 nitrogen and oxygen atoms in total. The number of hydrogen-bond donors (Lipinski definition) is 9. The molecule has 1 saturated carbocycles. The molecule has 0 spiro atoms. The molecule has 0 aromatic carbocycles. The van der Waals surface area contributed by atoms with Gasteiger partial charge in [0.1, 0.15) is 36.6 Å². The molecular formula is C35H64NO12P. The molecular weight excluding hydrogens is 657 g/mol. The maximum atomic E-state index is 12.8. The van der Waals surface area contributed by atoms with Crippen molar-refractivity contribution in [3.8, 4) is 0 Å². The van der Waals surface area contributed by atoms with Crippen molar-refractivity contribution in [1.29, 1.82) is 0 Å². The molecule has 0 aromatic rings. The standard InChI is InChI=1S/C35H64NO12P/c1-3-5-7-9-11-13-15-16-18-20-22-26(37)24-29(39)36-27(28(38)23-21-19-17-14-12-10-8-6-4-2)25-47-49(45,46)48-35-33(43)31(41)30(40)32(42)34(35)44/h4,6,12,14,21,23,26-28,30-35,37-38,40-44H,3,5,7-11,13,15-20,22,24-25H2,1-2H3,(H,36,39)(H,45,46)/b6-4+,14-12+,23-21+. The molecule has 0 aliphatic heterocycles. The second-order valence-electron chi connectivity index (χ2n) is 12.9. The van der Waals surface area contributed by atoms with Crippen LogP contribution in [0, 0.1) is 0 Å².